The standard InChI is InChI=1S/C16H19FN2O/c1-16(2,3)19-11-12-10-18-9-8-14(12)20-15-7-5-4-6-13(15)17/h4-10,19H,11H2,1-3H3. The van der Waals surface area contributed by atoms with Crippen LogP contribution in [0.4, 0.5) is 4.39 Å². The quantitative estimate of drug-likeness (QED) is 0.918. The van der Waals surface area contributed by atoms with Gasteiger partial charge in [-0.1, -0.05) is 12.1 Å². The number of ether oxygens (including phenoxy) is 1. The average molecular weight is 274 g/mol. The van der Waals surface area contributed by atoms with Crippen molar-refractivity contribution >= 4 is 0 Å². The Morgan fingerprint density at radius 1 is 1.15 bits per heavy atom. The van der Waals surface area contributed by atoms with Crippen molar-refractivity contribution in [1.82, 2.24) is 10.3 Å². The zero-order valence-corrected chi connectivity index (χ0v) is 12.0. The summed E-state index contributed by atoms with van der Waals surface area (Å²) in [7, 11) is 0. The molecule has 1 aromatic carbocycles. The SMILES string of the molecule is CC(C)(C)NCc1cnccc1Oc1ccccc1F. The number of aromatic nitrogens is 1. The van der Waals surface area contributed by atoms with E-state index >= 15 is 0 Å². The minimum absolute atomic E-state index is 0.00882. The number of nitrogens with one attached hydrogen (secondary N) is 1. The number of hydrogen-bond donors (Lipinski definition) is 1. The summed E-state index contributed by atoms with van der Waals surface area (Å²) in [5.41, 5.74) is 0.885. The summed E-state index contributed by atoms with van der Waals surface area (Å²) in [5.74, 6) is 0.455. The van der Waals surface area contributed by atoms with E-state index in [1.54, 1.807) is 36.7 Å². The smallest absolute Gasteiger partial charge is 0.165 e. The maximum absolute atomic E-state index is 13.6. The third-order valence-electron chi connectivity index (χ3n) is 2.72. The maximum Gasteiger partial charge on any atom is 0.165 e. The molecule has 0 bridgehead atoms. The van der Waals surface area contributed by atoms with E-state index in [2.05, 4.69) is 31.1 Å². The number of pyridine rings is 1. The second-order valence-electron chi connectivity index (χ2n) is 5.62. The van der Waals surface area contributed by atoms with Gasteiger partial charge in [-0.15, -0.1) is 0 Å². The van der Waals surface area contributed by atoms with Gasteiger partial charge in [-0.3, -0.25) is 4.98 Å². The van der Waals surface area contributed by atoms with Crippen LogP contribution in [0.2, 0.25) is 0 Å². The Labute approximate surface area is 118 Å². The van der Waals surface area contributed by atoms with Gasteiger partial charge in [-0.2, -0.15) is 0 Å². The minimum Gasteiger partial charge on any atom is -0.454 e. The van der Waals surface area contributed by atoms with Gasteiger partial charge in [0.05, 0.1) is 0 Å². The van der Waals surface area contributed by atoms with Crippen molar-refractivity contribution < 1.29 is 9.13 Å². The van der Waals surface area contributed by atoms with E-state index < -0.39 is 0 Å². The Bertz CT molecular complexity index is 579. The summed E-state index contributed by atoms with van der Waals surface area (Å²) >= 11 is 0. The number of nitrogens with zero attached hydrogens (tertiary/aromatic N) is 1. The van der Waals surface area contributed by atoms with E-state index in [1.807, 2.05) is 0 Å². The summed E-state index contributed by atoms with van der Waals surface area (Å²) in [6, 6.07) is 8.11. The highest BCUT2D eigenvalue weighted by molar-refractivity contribution is 5.36. The van der Waals surface area contributed by atoms with E-state index in [-0.39, 0.29) is 17.1 Å². The zero-order chi connectivity index (χ0) is 14.6. The Hall–Kier alpha value is -1.94. The summed E-state index contributed by atoms with van der Waals surface area (Å²) in [4.78, 5) is 4.10. The molecule has 0 aliphatic heterocycles. The number of para-hydroxylation sites is 1. The van der Waals surface area contributed by atoms with Crippen molar-refractivity contribution in [2.24, 2.45) is 0 Å². The van der Waals surface area contributed by atoms with Crippen molar-refractivity contribution in [3.8, 4) is 11.5 Å². The van der Waals surface area contributed by atoms with Gasteiger partial charge in [-0.05, 0) is 39.0 Å². The maximum atomic E-state index is 13.6. The zero-order valence-electron chi connectivity index (χ0n) is 12.0. The summed E-state index contributed by atoms with van der Waals surface area (Å²) in [6.07, 6.45) is 3.37. The molecule has 20 heavy (non-hydrogen) atoms. The van der Waals surface area contributed by atoms with Gasteiger partial charge in [0.25, 0.3) is 0 Å². The largest absolute Gasteiger partial charge is 0.454 e. The van der Waals surface area contributed by atoms with Crippen molar-refractivity contribution in [1.29, 1.82) is 0 Å². The molecule has 0 saturated heterocycles. The molecule has 2 rings (SSSR count). The van der Waals surface area contributed by atoms with Crippen molar-refractivity contribution in [2.75, 3.05) is 0 Å². The highest BCUT2D eigenvalue weighted by Gasteiger charge is 2.12. The Kier molecular flexibility index (Phi) is 4.35. The molecule has 0 fully saturated rings. The van der Waals surface area contributed by atoms with Crippen molar-refractivity contribution in [3.05, 3.63) is 54.1 Å². The first-order valence-corrected chi connectivity index (χ1v) is 6.56. The molecule has 0 aliphatic rings. The lowest BCUT2D eigenvalue weighted by Crippen LogP contribution is -2.35. The molecule has 1 N–H and O–H groups in total. The minimum atomic E-state index is -0.376. The average Bonchev–Trinajstić information content (AvgIpc) is 2.39. The fraction of sp³-hybridized carbons (Fsp3) is 0.312. The molecule has 0 aliphatic carbocycles. The van der Waals surface area contributed by atoms with Crippen LogP contribution in [0.5, 0.6) is 11.5 Å². The summed E-state index contributed by atoms with van der Waals surface area (Å²) in [6.45, 7) is 6.86. The molecule has 2 aromatic rings. The van der Waals surface area contributed by atoms with Crippen LogP contribution >= 0.6 is 0 Å². The van der Waals surface area contributed by atoms with Crippen LogP contribution in [0, 0.1) is 5.82 Å². The fourth-order valence-electron chi connectivity index (χ4n) is 1.65. The van der Waals surface area contributed by atoms with E-state index in [1.165, 1.54) is 6.07 Å². The van der Waals surface area contributed by atoms with Crippen LogP contribution in [0.15, 0.2) is 42.7 Å². The molecule has 3 nitrogen and oxygen atoms in total. The Balaban J connectivity index is 2.18. The first kappa shape index (κ1) is 14.5. The Morgan fingerprint density at radius 2 is 1.90 bits per heavy atom. The molecular formula is C16H19FN2O. The molecule has 0 atom stereocenters. The topological polar surface area (TPSA) is 34.2 Å². The monoisotopic (exact) mass is 274 g/mol. The lowest BCUT2D eigenvalue weighted by Gasteiger charge is -2.21. The van der Waals surface area contributed by atoms with Gasteiger partial charge < -0.3 is 10.1 Å². The summed E-state index contributed by atoms with van der Waals surface area (Å²) in [5, 5.41) is 3.37. The van der Waals surface area contributed by atoms with Gasteiger partial charge in [0.15, 0.2) is 11.6 Å². The normalized spacial score (nSPS) is 11.4. The predicted molar refractivity (Wildman–Crippen MR) is 77.3 cm³/mol. The predicted octanol–water partition coefficient (Wildman–Crippen LogP) is 3.90. The van der Waals surface area contributed by atoms with Crippen molar-refractivity contribution in [3.63, 3.8) is 0 Å². The van der Waals surface area contributed by atoms with Crippen LogP contribution in [-0.4, -0.2) is 10.5 Å². The van der Waals surface area contributed by atoms with Crippen LogP contribution in [0.3, 0.4) is 0 Å². The van der Waals surface area contributed by atoms with E-state index in [9.17, 15) is 4.39 Å². The summed E-state index contributed by atoms with van der Waals surface area (Å²) < 4.78 is 19.3. The molecular weight excluding hydrogens is 255 g/mol. The van der Waals surface area contributed by atoms with Crippen LogP contribution in [0.25, 0.3) is 0 Å². The lowest BCUT2D eigenvalue weighted by atomic mass is 10.1. The van der Waals surface area contributed by atoms with Crippen LogP contribution in [0.1, 0.15) is 26.3 Å². The number of hydrogen-bond acceptors (Lipinski definition) is 3. The molecule has 1 aromatic heterocycles. The van der Waals surface area contributed by atoms with E-state index in [0.29, 0.717) is 12.3 Å². The number of rotatable bonds is 4. The van der Waals surface area contributed by atoms with Crippen LogP contribution in [-0.2, 0) is 6.54 Å². The first-order valence-electron chi connectivity index (χ1n) is 6.56. The van der Waals surface area contributed by atoms with Gasteiger partial charge >= 0.3 is 0 Å². The molecule has 0 saturated carbocycles. The molecule has 0 radical (unpaired) electrons. The second-order valence-corrected chi connectivity index (χ2v) is 5.62. The molecule has 4 heteroatoms. The third kappa shape index (κ3) is 4.03. The first-order chi connectivity index (χ1) is 9.46. The highest BCUT2D eigenvalue weighted by atomic mass is 19.1. The molecule has 0 amide bonds. The molecule has 106 valence electrons. The van der Waals surface area contributed by atoms with Crippen molar-refractivity contribution in [2.45, 2.75) is 32.9 Å². The van der Waals surface area contributed by atoms with E-state index in [4.69, 9.17) is 4.74 Å². The number of halogens is 1. The Morgan fingerprint density at radius 3 is 2.60 bits per heavy atom. The van der Waals surface area contributed by atoms with Gasteiger partial charge in [-0.25, -0.2) is 4.39 Å². The molecule has 1 heterocycles. The third-order valence-corrected chi connectivity index (χ3v) is 2.72. The van der Waals surface area contributed by atoms with Gasteiger partial charge in [0, 0.05) is 30.0 Å². The van der Waals surface area contributed by atoms with Gasteiger partial charge in [0.2, 0.25) is 0 Å². The molecule has 0 unspecified atom stereocenters. The fourth-order valence-corrected chi connectivity index (χ4v) is 1.65. The van der Waals surface area contributed by atoms with E-state index in [0.717, 1.165) is 5.56 Å². The van der Waals surface area contributed by atoms with Gasteiger partial charge in [0.1, 0.15) is 5.75 Å². The van der Waals surface area contributed by atoms with Crippen LogP contribution < -0.4 is 10.1 Å². The molecule has 0 spiro atoms. The highest BCUT2D eigenvalue weighted by Crippen LogP contribution is 2.26. The second kappa shape index (κ2) is 6.01. The number of benzene rings is 1. The lowest BCUT2D eigenvalue weighted by molar-refractivity contribution is 0.406.